The number of aryl methyl sites for hydroxylation is 1. The lowest BCUT2D eigenvalue weighted by Gasteiger charge is -2.05. The third-order valence-electron chi connectivity index (χ3n) is 2.14. The molecule has 0 aromatic carbocycles. The van der Waals surface area contributed by atoms with Crippen molar-refractivity contribution in [3.8, 4) is 0 Å². The van der Waals surface area contributed by atoms with Gasteiger partial charge < -0.3 is 9.87 Å². The van der Waals surface area contributed by atoms with Gasteiger partial charge in [-0.25, -0.2) is 4.98 Å². The second-order valence-electron chi connectivity index (χ2n) is 3.73. The van der Waals surface area contributed by atoms with E-state index in [-0.39, 0.29) is 11.7 Å². The fourth-order valence-corrected chi connectivity index (χ4v) is 1.69. The van der Waals surface area contributed by atoms with Crippen molar-refractivity contribution in [3.63, 3.8) is 0 Å². The maximum Gasteiger partial charge on any atom is 0.225 e. The number of amides is 1. The molecule has 1 heterocycles. The number of hydrogen-bond acceptors (Lipinski definition) is 4. The van der Waals surface area contributed by atoms with Gasteiger partial charge in [0.05, 0.1) is 0 Å². The molecule has 6 heteroatoms. The van der Waals surface area contributed by atoms with Gasteiger partial charge in [0.2, 0.25) is 5.91 Å². The van der Waals surface area contributed by atoms with E-state index in [1.54, 1.807) is 12.3 Å². The van der Waals surface area contributed by atoms with Crippen molar-refractivity contribution in [2.75, 3.05) is 11.1 Å². The Hall–Kier alpha value is -1.27. The maximum atomic E-state index is 11.4. The smallest absolute Gasteiger partial charge is 0.225 e. The summed E-state index contributed by atoms with van der Waals surface area (Å²) in [6.07, 6.45) is 3.06. The molecule has 1 aromatic rings. The zero-order chi connectivity index (χ0) is 12.7. The van der Waals surface area contributed by atoms with E-state index in [2.05, 4.69) is 10.3 Å². The van der Waals surface area contributed by atoms with Crippen LogP contribution in [-0.2, 0) is 15.9 Å². The summed E-state index contributed by atoms with van der Waals surface area (Å²) in [7, 11) is 0. The van der Waals surface area contributed by atoms with Crippen molar-refractivity contribution in [1.82, 2.24) is 4.98 Å². The van der Waals surface area contributed by atoms with Gasteiger partial charge in [0, 0.05) is 18.4 Å². The zero-order valence-corrected chi connectivity index (χ0v) is 10.5. The molecule has 0 fully saturated rings. The fourth-order valence-electron chi connectivity index (χ4n) is 1.25. The summed E-state index contributed by atoms with van der Waals surface area (Å²) in [4.78, 5) is 15.5. The van der Waals surface area contributed by atoms with Crippen molar-refractivity contribution >= 4 is 22.8 Å². The number of pyridine rings is 1. The van der Waals surface area contributed by atoms with Gasteiger partial charge >= 0.3 is 0 Å². The summed E-state index contributed by atoms with van der Waals surface area (Å²) in [5.41, 5.74) is 1.03. The molecule has 0 spiro atoms. The molecule has 1 unspecified atom stereocenters. The predicted molar refractivity (Wildman–Crippen MR) is 65.2 cm³/mol. The van der Waals surface area contributed by atoms with Crippen LogP contribution in [0, 0.1) is 6.92 Å². The monoisotopic (exact) mass is 255 g/mol. The van der Waals surface area contributed by atoms with Gasteiger partial charge in [-0.05, 0) is 31.4 Å². The second-order valence-corrected chi connectivity index (χ2v) is 4.75. The van der Waals surface area contributed by atoms with E-state index in [0.717, 1.165) is 5.56 Å². The number of nitrogens with one attached hydrogen (secondary N) is 1. The number of hydrogen-bond donors (Lipinski definition) is 1. The van der Waals surface area contributed by atoms with Crippen LogP contribution in [0.3, 0.4) is 0 Å². The van der Waals surface area contributed by atoms with Crippen LogP contribution in [0.25, 0.3) is 0 Å². The largest absolute Gasteiger partial charge is 0.772 e. The maximum absolute atomic E-state index is 11.4. The highest BCUT2D eigenvalue weighted by Gasteiger charge is 2.02. The van der Waals surface area contributed by atoms with Crippen molar-refractivity contribution in [2.45, 2.75) is 26.2 Å². The summed E-state index contributed by atoms with van der Waals surface area (Å²) in [5, 5.41) is 2.65. The Balaban J connectivity index is 2.25. The highest BCUT2D eigenvalue weighted by molar-refractivity contribution is 7.79. The molecule has 5 nitrogen and oxygen atoms in total. The first-order chi connectivity index (χ1) is 8.08. The van der Waals surface area contributed by atoms with Crippen molar-refractivity contribution in [3.05, 3.63) is 23.9 Å². The van der Waals surface area contributed by atoms with Gasteiger partial charge in [-0.3, -0.25) is 9.00 Å². The minimum atomic E-state index is -2.01. The van der Waals surface area contributed by atoms with Crippen molar-refractivity contribution < 1.29 is 13.6 Å². The number of carbonyl (C=O) groups excluding carboxylic acids is 1. The Morgan fingerprint density at radius 2 is 2.24 bits per heavy atom. The van der Waals surface area contributed by atoms with Crippen molar-refractivity contribution in [2.24, 2.45) is 0 Å². The molecule has 0 aliphatic heterocycles. The fraction of sp³-hybridized carbons (Fsp3) is 0.455. The molecule has 1 rings (SSSR count). The van der Waals surface area contributed by atoms with Gasteiger partial charge in [-0.2, -0.15) is 0 Å². The standard InChI is InChI=1S/C11H16N2O3S/c1-9-5-6-10(12-8-9)13-11(14)4-2-3-7-17(15)16/h5-6,8H,2-4,7H2,1H3,(H,15,16)(H,12,13,14)/p-1. The van der Waals surface area contributed by atoms with Crippen LogP contribution < -0.4 is 5.32 Å². The Labute approximate surface area is 103 Å². The first kappa shape index (κ1) is 13.8. The van der Waals surface area contributed by atoms with Gasteiger partial charge in [0.15, 0.2) is 0 Å². The third kappa shape index (κ3) is 6.13. The molecule has 94 valence electrons. The Kier molecular flexibility index (Phi) is 5.79. The first-order valence-corrected chi connectivity index (χ1v) is 6.60. The minimum absolute atomic E-state index is 0.107. The van der Waals surface area contributed by atoms with Crippen LogP contribution in [0.15, 0.2) is 18.3 Å². The van der Waals surface area contributed by atoms with Crippen LogP contribution in [-0.4, -0.2) is 25.4 Å². The molecule has 0 aliphatic carbocycles. The topological polar surface area (TPSA) is 82.1 Å². The number of nitrogens with zero attached hydrogens (tertiary/aromatic N) is 1. The number of anilines is 1. The van der Waals surface area contributed by atoms with Crippen LogP contribution in [0.2, 0.25) is 0 Å². The second kappa shape index (κ2) is 7.13. The lowest BCUT2D eigenvalue weighted by molar-refractivity contribution is -0.116. The summed E-state index contributed by atoms with van der Waals surface area (Å²) in [5.74, 6) is 0.488. The van der Waals surface area contributed by atoms with Crippen LogP contribution in [0.5, 0.6) is 0 Å². The number of unbranched alkanes of at least 4 members (excludes halogenated alkanes) is 1. The quantitative estimate of drug-likeness (QED) is 0.615. The molecule has 0 saturated heterocycles. The zero-order valence-electron chi connectivity index (χ0n) is 9.64. The van der Waals surface area contributed by atoms with E-state index in [0.29, 0.717) is 25.1 Å². The molecule has 0 aliphatic rings. The summed E-state index contributed by atoms with van der Waals surface area (Å²) in [6, 6.07) is 3.60. The van der Waals surface area contributed by atoms with E-state index in [9.17, 15) is 13.6 Å². The molecule has 1 N–H and O–H groups in total. The normalized spacial score (nSPS) is 12.1. The van der Waals surface area contributed by atoms with Crippen LogP contribution in [0.4, 0.5) is 5.82 Å². The Morgan fingerprint density at radius 3 is 2.82 bits per heavy atom. The van der Waals surface area contributed by atoms with E-state index in [1.165, 1.54) is 0 Å². The van der Waals surface area contributed by atoms with Gasteiger partial charge in [0.1, 0.15) is 5.82 Å². The molecule has 17 heavy (non-hydrogen) atoms. The highest BCUT2D eigenvalue weighted by Crippen LogP contribution is 2.05. The van der Waals surface area contributed by atoms with Crippen LogP contribution in [0.1, 0.15) is 24.8 Å². The SMILES string of the molecule is Cc1ccc(NC(=O)CCCCS(=O)[O-])nc1. The molecule has 0 radical (unpaired) electrons. The lowest BCUT2D eigenvalue weighted by Crippen LogP contribution is -2.12. The first-order valence-electron chi connectivity index (χ1n) is 5.36. The predicted octanol–water partition coefficient (Wildman–Crippen LogP) is 1.38. The summed E-state index contributed by atoms with van der Waals surface area (Å²) in [6.45, 7) is 1.92. The average molecular weight is 255 g/mol. The molecular weight excluding hydrogens is 240 g/mol. The molecule has 1 aromatic heterocycles. The highest BCUT2D eigenvalue weighted by atomic mass is 32.2. The van der Waals surface area contributed by atoms with Gasteiger partial charge in [-0.1, -0.05) is 17.1 Å². The van der Waals surface area contributed by atoms with E-state index in [1.807, 2.05) is 13.0 Å². The number of carbonyl (C=O) groups is 1. The molecule has 1 amide bonds. The minimum Gasteiger partial charge on any atom is -0.772 e. The van der Waals surface area contributed by atoms with E-state index in [4.69, 9.17) is 0 Å². The van der Waals surface area contributed by atoms with E-state index >= 15 is 0 Å². The summed E-state index contributed by atoms with van der Waals surface area (Å²) < 4.78 is 20.5. The number of aromatic nitrogens is 1. The molecule has 0 saturated carbocycles. The third-order valence-corrected chi connectivity index (χ3v) is 2.77. The number of rotatable bonds is 6. The molecular formula is C11H15N2O3S-. The Bertz CT molecular complexity index is 392. The average Bonchev–Trinajstić information content (AvgIpc) is 2.27. The van der Waals surface area contributed by atoms with Crippen LogP contribution >= 0.6 is 0 Å². The molecule has 1 atom stereocenters. The molecule has 0 bridgehead atoms. The van der Waals surface area contributed by atoms with Gasteiger partial charge in [-0.15, -0.1) is 0 Å². The summed E-state index contributed by atoms with van der Waals surface area (Å²) >= 11 is -2.01. The lowest BCUT2D eigenvalue weighted by atomic mass is 10.2. The van der Waals surface area contributed by atoms with Gasteiger partial charge in [0.25, 0.3) is 0 Å². The van der Waals surface area contributed by atoms with E-state index < -0.39 is 11.1 Å². The Morgan fingerprint density at radius 1 is 1.47 bits per heavy atom. The van der Waals surface area contributed by atoms with Crippen molar-refractivity contribution in [1.29, 1.82) is 0 Å².